The maximum Gasteiger partial charge on any atom is 0.319 e. The summed E-state index contributed by atoms with van der Waals surface area (Å²) in [4.78, 5) is 18.3. The number of amides is 2. The molecule has 1 atom stereocenters. The number of carbonyl (C=O) groups is 1. The van der Waals surface area contributed by atoms with Gasteiger partial charge in [-0.2, -0.15) is 0 Å². The van der Waals surface area contributed by atoms with Crippen molar-refractivity contribution in [3.63, 3.8) is 0 Å². The number of hydrogen-bond acceptors (Lipinski definition) is 4. The van der Waals surface area contributed by atoms with Crippen LogP contribution >= 0.6 is 0 Å². The molecule has 2 amide bonds. The van der Waals surface area contributed by atoms with Crippen molar-refractivity contribution < 1.29 is 9.53 Å². The van der Waals surface area contributed by atoms with E-state index in [9.17, 15) is 4.79 Å². The smallest absolute Gasteiger partial charge is 0.319 e. The largest absolute Gasteiger partial charge is 0.481 e. The molecule has 1 saturated heterocycles. The Morgan fingerprint density at radius 2 is 2.33 bits per heavy atom. The number of urea groups is 1. The normalized spacial score (nSPS) is 19.0. The lowest BCUT2D eigenvalue weighted by atomic mass is 10.0. The number of methoxy groups -OCH3 is 1. The van der Waals surface area contributed by atoms with Crippen molar-refractivity contribution in [2.75, 3.05) is 32.1 Å². The lowest BCUT2D eigenvalue weighted by Gasteiger charge is -2.33. The van der Waals surface area contributed by atoms with Crippen LogP contribution < -0.4 is 15.4 Å². The maximum atomic E-state index is 11.8. The Morgan fingerprint density at radius 3 is 3.00 bits per heavy atom. The van der Waals surface area contributed by atoms with Gasteiger partial charge < -0.3 is 15.4 Å². The Kier molecular flexibility index (Phi) is 5.80. The molecule has 1 aromatic heterocycles. The summed E-state index contributed by atoms with van der Waals surface area (Å²) in [6, 6.07) is 3.89. The molecule has 0 saturated carbocycles. The lowest BCUT2D eigenvalue weighted by Crippen LogP contribution is -2.43. The van der Waals surface area contributed by atoms with Crippen molar-refractivity contribution in [1.82, 2.24) is 15.2 Å². The second-order valence-electron chi connectivity index (χ2n) is 5.35. The van der Waals surface area contributed by atoms with E-state index < -0.39 is 0 Å². The molecule has 2 rings (SSSR count). The minimum Gasteiger partial charge on any atom is -0.481 e. The number of piperidine rings is 1. The van der Waals surface area contributed by atoms with E-state index in [0.717, 1.165) is 13.1 Å². The molecule has 21 heavy (non-hydrogen) atoms. The van der Waals surface area contributed by atoms with E-state index in [4.69, 9.17) is 4.74 Å². The first-order chi connectivity index (χ1) is 10.2. The van der Waals surface area contributed by atoms with Crippen LogP contribution in [0.3, 0.4) is 0 Å². The van der Waals surface area contributed by atoms with Gasteiger partial charge in [-0.3, -0.25) is 4.90 Å². The predicted octanol–water partition coefficient (Wildman–Crippen LogP) is 2.09. The van der Waals surface area contributed by atoms with Crippen molar-refractivity contribution in [3.8, 4) is 5.88 Å². The topological polar surface area (TPSA) is 66.5 Å². The predicted molar refractivity (Wildman–Crippen MR) is 82.7 cm³/mol. The van der Waals surface area contributed by atoms with Gasteiger partial charge in [0.05, 0.1) is 19.0 Å². The van der Waals surface area contributed by atoms with E-state index in [-0.39, 0.29) is 6.03 Å². The molecule has 1 aliphatic heterocycles. The van der Waals surface area contributed by atoms with Gasteiger partial charge in [0.2, 0.25) is 5.88 Å². The highest BCUT2D eigenvalue weighted by Crippen LogP contribution is 2.15. The summed E-state index contributed by atoms with van der Waals surface area (Å²) in [6.07, 6.45) is 5.40. The van der Waals surface area contributed by atoms with Gasteiger partial charge in [-0.25, -0.2) is 9.78 Å². The summed E-state index contributed by atoms with van der Waals surface area (Å²) in [5.74, 6) is 0.528. The second-order valence-corrected chi connectivity index (χ2v) is 5.35. The standard InChI is InChI=1S/C15H24N4O2/c1-12-5-3-4-9-19(12)10-8-16-15(20)18-13-6-7-14(21-2)17-11-13/h6-7,11-12H,3-5,8-10H2,1-2H3,(H2,16,18,20). The molecular formula is C15H24N4O2. The average Bonchev–Trinajstić information content (AvgIpc) is 2.50. The van der Waals surface area contributed by atoms with E-state index >= 15 is 0 Å². The highest BCUT2D eigenvalue weighted by Gasteiger charge is 2.17. The van der Waals surface area contributed by atoms with E-state index in [1.165, 1.54) is 19.3 Å². The van der Waals surface area contributed by atoms with E-state index in [0.29, 0.717) is 24.2 Å². The Balaban J connectivity index is 1.69. The number of nitrogens with zero attached hydrogens (tertiary/aromatic N) is 2. The zero-order valence-electron chi connectivity index (χ0n) is 12.8. The van der Waals surface area contributed by atoms with Crippen molar-refractivity contribution in [2.24, 2.45) is 0 Å². The Morgan fingerprint density at radius 1 is 1.48 bits per heavy atom. The fourth-order valence-electron chi connectivity index (χ4n) is 2.55. The summed E-state index contributed by atoms with van der Waals surface area (Å²) in [6.45, 7) is 4.93. The summed E-state index contributed by atoms with van der Waals surface area (Å²) in [5, 5.41) is 5.63. The van der Waals surface area contributed by atoms with Gasteiger partial charge in [0.25, 0.3) is 0 Å². The number of anilines is 1. The van der Waals surface area contributed by atoms with Crippen LogP contribution in [0.25, 0.3) is 0 Å². The summed E-state index contributed by atoms with van der Waals surface area (Å²) >= 11 is 0. The zero-order valence-corrected chi connectivity index (χ0v) is 12.8. The highest BCUT2D eigenvalue weighted by atomic mass is 16.5. The van der Waals surface area contributed by atoms with Crippen LogP contribution in [0, 0.1) is 0 Å². The van der Waals surface area contributed by atoms with Gasteiger partial charge in [0.15, 0.2) is 0 Å². The van der Waals surface area contributed by atoms with E-state index in [1.807, 2.05) is 0 Å². The molecule has 1 fully saturated rings. The average molecular weight is 292 g/mol. The molecule has 0 spiro atoms. The number of likely N-dealkylation sites (tertiary alicyclic amines) is 1. The second kappa shape index (κ2) is 7.83. The quantitative estimate of drug-likeness (QED) is 0.872. The third kappa shape index (κ3) is 4.90. The molecule has 6 heteroatoms. The third-order valence-corrected chi connectivity index (χ3v) is 3.83. The molecule has 116 valence electrons. The molecule has 1 aliphatic rings. The molecule has 0 radical (unpaired) electrons. The number of pyridine rings is 1. The Hall–Kier alpha value is -1.82. The van der Waals surface area contributed by atoms with Crippen LogP contribution in [0.4, 0.5) is 10.5 Å². The number of carbonyl (C=O) groups excluding carboxylic acids is 1. The summed E-state index contributed by atoms with van der Waals surface area (Å²) in [5.41, 5.74) is 0.652. The van der Waals surface area contributed by atoms with Crippen LogP contribution in [0.15, 0.2) is 18.3 Å². The number of hydrogen-bond donors (Lipinski definition) is 2. The van der Waals surface area contributed by atoms with Gasteiger partial charge >= 0.3 is 6.03 Å². The van der Waals surface area contributed by atoms with Crippen molar-refractivity contribution in [3.05, 3.63) is 18.3 Å². The van der Waals surface area contributed by atoms with Crippen molar-refractivity contribution >= 4 is 11.7 Å². The molecule has 0 bridgehead atoms. The first-order valence-electron chi connectivity index (χ1n) is 7.48. The summed E-state index contributed by atoms with van der Waals surface area (Å²) < 4.78 is 4.97. The van der Waals surface area contributed by atoms with Crippen LogP contribution in [-0.4, -0.2) is 48.7 Å². The van der Waals surface area contributed by atoms with E-state index in [1.54, 1.807) is 25.4 Å². The fourth-order valence-corrected chi connectivity index (χ4v) is 2.55. The SMILES string of the molecule is COc1ccc(NC(=O)NCCN2CCCCC2C)cn1. The Labute approximate surface area is 125 Å². The number of aromatic nitrogens is 1. The fraction of sp³-hybridized carbons (Fsp3) is 0.600. The molecule has 1 aromatic rings. The first kappa shape index (κ1) is 15.6. The van der Waals surface area contributed by atoms with Crippen molar-refractivity contribution in [2.45, 2.75) is 32.2 Å². The monoisotopic (exact) mass is 292 g/mol. The number of ether oxygens (including phenoxy) is 1. The van der Waals surface area contributed by atoms with Crippen molar-refractivity contribution in [1.29, 1.82) is 0 Å². The number of nitrogens with one attached hydrogen (secondary N) is 2. The molecule has 0 aromatic carbocycles. The molecule has 2 heterocycles. The minimum absolute atomic E-state index is 0.202. The maximum absolute atomic E-state index is 11.8. The Bertz CT molecular complexity index is 449. The van der Waals surface area contributed by atoms with E-state index in [2.05, 4.69) is 27.4 Å². The van der Waals surface area contributed by atoms with Crippen LogP contribution in [0.1, 0.15) is 26.2 Å². The molecule has 2 N–H and O–H groups in total. The van der Waals surface area contributed by atoms with Gasteiger partial charge in [0, 0.05) is 25.2 Å². The number of rotatable bonds is 5. The summed E-state index contributed by atoms with van der Waals surface area (Å²) in [7, 11) is 1.56. The zero-order chi connectivity index (χ0) is 15.1. The van der Waals surface area contributed by atoms with Gasteiger partial charge in [-0.15, -0.1) is 0 Å². The highest BCUT2D eigenvalue weighted by molar-refractivity contribution is 5.88. The van der Waals surface area contributed by atoms with Gasteiger partial charge in [0.1, 0.15) is 0 Å². The molecule has 0 aliphatic carbocycles. The van der Waals surface area contributed by atoms with Crippen LogP contribution in [0.2, 0.25) is 0 Å². The van der Waals surface area contributed by atoms with Crippen LogP contribution in [-0.2, 0) is 0 Å². The minimum atomic E-state index is -0.202. The third-order valence-electron chi connectivity index (χ3n) is 3.83. The molecule has 6 nitrogen and oxygen atoms in total. The van der Waals surface area contributed by atoms with Gasteiger partial charge in [-0.05, 0) is 32.4 Å². The molecular weight excluding hydrogens is 268 g/mol. The van der Waals surface area contributed by atoms with Crippen LogP contribution in [0.5, 0.6) is 5.88 Å². The molecule has 1 unspecified atom stereocenters. The first-order valence-corrected chi connectivity index (χ1v) is 7.48. The lowest BCUT2D eigenvalue weighted by molar-refractivity contribution is 0.162. The van der Waals surface area contributed by atoms with Gasteiger partial charge in [-0.1, -0.05) is 6.42 Å².